The Balaban J connectivity index is 1.74. The van der Waals surface area contributed by atoms with Gasteiger partial charge in [-0.05, 0) is 18.2 Å². The van der Waals surface area contributed by atoms with Crippen molar-refractivity contribution in [2.45, 2.75) is 0 Å². The van der Waals surface area contributed by atoms with Gasteiger partial charge in [0.05, 0.1) is 32.4 Å². The molecule has 0 spiro atoms. The molecule has 2 aromatic carbocycles. The molecule has 0 saturated carbocycles. The summed E-state index contributed by atoms with van der Waals surface area (Å²) in [4.78, 5) is 23.9. The van der Waals surface area contributed by atoms with Crippen LogP contribution in [0.4, 0.5) is 11.5 Å². The Labute approximate surface area is 165 Å². The van der Waals surface area contributed by atoms with Crippen LogP contribution in [-0.2, 0) is 0 Å². The number of nitrogens with one attached hydrogen (secondary N) is 2. The minimum absolute atomic E-state index is 0.255. The molecule has 0 fully saturated rings. The molecule has 0 saturated heterocycles. The number of hydrogen-bond donors (Lipinski definition) is 2. The van der Waals surface area contributed by atoms with Gasteiger partial charge in [0.25, 0.3) is 0 Å². The second kappa shape index (κ2) is 7.55. The Kier molecular flexibility index (Phi) is 4.78. The maximum atomic E-state index is 12.4. The summed E-state index contributed by atoms with van der Waals surface area (Å²) in [6, 6.07) is 12.6. The van der Waals surface area contributed by atoms with Crippen molar-refractivity contribution in [2.24, 2.45) is 0 Å². The molecule has 29 heavy (non-hydrogen) atoms. The Morgan fingerprint density at radius 1 is 1.00 bits per heavy atom. The summed E-state index contributed by atoms with van der Waals surface area (Å²) in [5.41, 5.74) is 1.78. The van der Waals surface area contributed by atoms with E-state index in [1.807, 2.05) is 24.3 Å². The molecule has 0 aliphatic heterocycles. The Hall–Kier alpha value is -4.01. The van der Waals surface area contributed by atoms with E-state index in [0.29, 0.717) is 39.8 Å². The minimum atomic E-state index is -0.309. The molecular formula is C20H19N5O4. The first kappa shape index (κ1) is 18.4. The first-order valence-electron chi connectivity index (χ1n) is 8.75. The zero-order chi connectivity index (χ0) is 20.4. The molecule has 2 aromatic heterocycles. The van der Waals surface area contributed by atoms with E-state index < -0.39 is 0 Å². The molecule has 2 heterocycles. The lowest BCUT2D eigenvalue weighted by molar-refractivity contribution is 0.324. The van der Waals surface area contributed by atoms with Gasteiger partial charge in [0.2, 0.25) is 11.7 Å². The summed E-state index contributed by atoms with van der Waals surface area (Å²) in [7, 11) is 4.64. The number of imidazole rings is 1. The number of benzene rings is 2. The molecule has 0 aliphatic rings. The van der Waals surface area contributed by atoms with Crippen molar-refractivity contribution in [3.63, 3.8) is 0 Å². The van der Waals surface area contributed by atoms with Crippen molar-refractivity contribution in [1.82, 2.24) is 19.5 Å². The van der Waals surface area contributed by atoms with Crippen LogP contribution < -0.4 is 25.2 Å². The number of anilines is 2. The molecule has 0 amide bonds. The van der Waals surface area contributed by atoms with Crippen molar-refractivity contribution in [3.8, 4) is 23.2 Å². The summed E-state index contributed by atoms with van der Waals surface area (Å²) < 4.78 is 17.5. The van der Waals surface area contributed by atoms with Crippen LogP contribution in [0.25, 0.3) is 17.0 Å². The van der Waals surface area contributed by atoms with E-state index in [1.165, 1.54) is 4.57 Å². The maximum Gasteiger partial charge on any atom is 0.333 e. The van der Waals surface area contributed by atoms with Gasteiger partial charge in [-0.2, -0.15) is 4.98 Å². The van der Waals surface area contributed by atoms with Gasteiger partial charge in [-0.15, -0.1) is 0 Å². The van der Waals surface area contributed by atoms with Gasteiger partial charge in [-0.3, -0.25) is 0 Å². The Morgan fingerprint density at radius 3 is 2.41 bits per heavy atom. The quantitative estimate of drug-likeness (QED) is 0.519. The third-order valence-electron chi connectivity index (χ3n) is 4.37. The third-order valence-corrected chi connectivity index (χ3v) is 4.37. The number of nitrogens with zero attached hydrogens (tertiary/aromatic N) is 3. The van der Waals surface area contributed by atoms with Crippen LogP contribution in [0.1, 0.15) is 0 Å². The number of aromatic amines is 1. The van der Waals surface area contributed by atoms with E-state index in [4.69, 9.17) is 14.2 Å². The molecular weight excluding hydrogens is 374 g/mol. The summed E-state index contributed by atoms with van der Waals surface area (Å²) in [6.45, 7) is 0. The molecule has 0 aliphatic carbocycles. The number of para-hydroxylation sites is 2. The number of methoxy groups -OCH3 is 3. The van der Waals surface area contributed by atoms with Crippen molar-refractivity contribution in [3.05, 3.63) is 59.1 Å². The van der Waals surface area contributed by atoms with Crippen molar-refractivity contribution < 1.29 is 14.2 Å². The summed E-state index contributed by atoms with van der Waals surface area (Å²) in [6.07, 6.45) is 1.58. The van der Waals surface area contributed by atoms with Gasteiger partial charge in [0.15, 0.2) is 11.5 Å². The number of fused-ring (bicyclic) bond motifs is 1. The van der Waals surface area contributed by atoms with Crippen LogP contribution in [0.5, 0.6) is 17.2 Å². The van der Waals surface area contributed by atoms with E-state index in [9.17, 15) is 4.79 Å². The van der Waals surface area contributed by atoms with Crippen LogP contribution in [-0.4, -0.2) is 40.8 Å². The van der Waals surface area contributed by atoms with Gasteiger partial charge in [0, 0.05) is 24.0 Å². The summed E-state index contributed by atoms with van der Waals surface area (Å²) in [5, 5.41) is 3.18. The van der Waals surface area contributed by atoms with Crippen molar-refractivity contribution in [1.29, 1.82) is 0 Å². The zero-order valence-electron chi connectivity index (χ0n) is 16.1. The third kappa shape index (κ3) is 3.33. The first-order chi connectivity index (χ1) is 14.1. The van der Waals surface area contributed by atoms with Gasteiger partial charge in [-0.25, -0.2) is 14.3 Å². The SMILES string of the molecule is COc1cc(Nc2ccnc(-n3c(=O)[nH]c4ccccc43)n2)cc(OC)c1OC. The first-order valence-corrected chi connectivity index (χ1v) is 8.75. The van der Waals surface area contributed by atoms with E-state index >= 15 is 0 Å². The van der Waals surface area contributed by atoms with E-state index in [1.54, 1.807) is 45.7 Å². The highest BCUT2D eigenvalue weighted by molar-refractivity contribution is 5.76. The van der Waals surface area contributed by atoms with E-state index in [-0.39, 0.29) is 11.6 Å². The average Bonchev–Trinajstić information content (AvgIpc) is 3.08. The Morgan fingerprint density at radius 2 is 1.72 bits per heavy atom. The molecule has 9 heteroatoms. The zero-order valence-corrected chi connectivity index (χ0v) is 16.1. The molecule has 2 N–H and O–H groups in total. The van der Waals surface area contributed by atoms with Crippen molar-refractivity contribution >= 4 is 22.5 Å². The lowest BCUT2D eigenvalue weighted by Crippen LogP contribution is -2.17. The second-order valence-corrected chi connectivity index (χ2v) is 6.06. The molecule has 0 atom stereocenters. The highest BCUT2D eigenvalue weighted by Gasteiger charge is 2.15. The van der Waals surface area contributed by atoms with Crippen molar-refractivity contribution in [2.75, 3.05) is 26.6 Å². The molecule has 0 bridgehead atoms. The van der Waals surface area contributed by atoms with Crippen LogP contribution in [0, 0.1) is 0 Å². The molecule has 4 rings (SSSR count). The maximum absolute atomic E-state index is 12.4. The molecule has 148 valence electrons. The number of ether oxygens (including phenoxy) is 3. The minimum Gasteiger partial charge on any atom is -0.493 e. The summed E-state index contributed by atoms with van der Waals surface area (Å²) >= 11 is 0. The van der Waals surface area contributed by atoms with Crippen LogP contribution in [0.15, 0.2) is 53.5 Å². The van der Waals surface area contributed by atoms with E-state index in [0.717, 1.165) is 0 Å². The predicted molar refractivity (Wildman–Crippen MR) is 109 cm³/mol. The number of hydrogen-bond acceptors (Lipinski definition) is 7. The van der Waals surface area contributed by atoms with Gasteiger partial charge >= 0.3 is 5.69 Å². The van der Waals surface area contributed by atoms with Crippen LogP contribution in [0.3, 0.4) is 0 Å². The molecule has 0 radical (unpaired) electrons. The molecule has 9 nitrogen and oxygen atoms in total. The highest BCUT2D eigenvalue weighted by Crippen LogP contribution is 2.40. The average molecular weight is 393 g/mol. The van der Waals surface area contributed by atoms with Gasteiger partial charge < -0.3 is 24.5 Å². The monoisotopic (exact) mass is 393 g/mol. The molecule has 4 aromatic rings. The van der Waals surface area contributed by atoms with Crippen LogP contribution in [0.2, 0.25) is 0 Å². The van der Waals surface area contributed by atoms with E-state index in [2.05, 4.69) is 20.3 Å². The fraction of sp³-hybridized carbons (Fsp3) is 0.150. The summed E-state index contributed by atoms with van der Waals surface area (Å²) in [5.74, 6) is 2.27. The Bertz CT molecular complexity index is 1210. The normalized spacial score (nSPS) is 10.7. The highest BCUT2D eigenvalue weighted by atomic mass is 16.5. The molecule has 0 unspecified atom stereocenters. The van der Waals surface area contributed by atoms with Gasteiger partial charge in [0.1, 0.15) is 5.82 Å². The standard InChI is InChI=1S/C20H19N5O4/c1-27-15-10-12(11-16(28-2)18(15)29-3)22-17-8-9-21-19(24-17)25-14-7-5-4-6-13(14)23-20(25)26/h4-11H,1-3H3,(H,23,26)(H,21,22,24). The number of H-pyrrole nitrogens is 1. The van der Waals surface area contributed by atoms with Crippen LogP contribution >= 0.6 is 0 Å². The predicted octanol–water partition coefficient (Wildman–Crippen LogP) is 2.88. The fourth-order valence-corrected chi connectivity index (χ4v) is 3.08. The number of aromatic nitrogens is 4. The number of rotatable bonds is 6. The van der Waals surface area contributed by atoms with Gasteiger partial charge in [-0.1, -0.05) is 12.1 Å². The topological polar surface area (TPSA) is 103 Å². The lowest BCUT2D eigenvalue weighted by atomic mass is 10.2. The largest absolute Gasteiger partial charge is 0.493 e. The second-order valence-electron chi connectivity index (χ2n) is 6.06. The lowest BCUT2D eigenvalue weighted by Gasteiger charge is -2.15. The smallest absolute Gasteiger partial charge is 0.333 e. The fourth-order valence-electron chi connectivity index (χ4n) is 3.08.